The van der Waals surface area contributed by atoms with Gasteiger partial charge in [-0.15, -0.1) is 0 Å². The number of para-hydroxylation sites is 2. The molecule has 0 radical (unpaired) electrons. The van der Waals surface area contributed by atoms with E-state index in [9.17, 15) is 0 Å². The molecule has 0 aliphatic heterocycles. The molecule has 23 heavy (non-hydrogen) atoms. The Hall–Kier alpha value is -2.39. The van der Waals surface area contributed by atoms with E-state index in [2.05, 4.69) is 18.0 Å². The summed E-state index contributed by atoms with van der Waals surface area (Å²) in [5.74, 6) is 0. The van der Waals surface area contributed by atoms with Gasteiger partial charge in [0.05, 0.1) is 12.3 Å². The molecule has 1 aromatic heterocycles. The summed E-state index contributed by atoms with van der Waals surface area (Å²) in [6, 6.07) is 19.9. The number of benzene rings is 2. The number of rotatable bonds is 6. The topological polar surface area (TPSA) is 34.7 Å². The summed E-state index contributed by atoms with van der Waals surface area (Å²) in [5, 5.41) is 1.06. The van der Waals surface area contributed by atoms with Crippen molar-refractivity contribution in [3.63, 3.8) is 0 Å². The first-order valence-corrected chi connectivity index (χ1v) is 8.06. The molecule has 3 aromatic rings. The first kappa shape index (κ1) is 15.5. The average molecular weight is 307 g/mol. The number of unbranched alkanes of at least 4 members (excludes halogenated alkanes) is 1. The van der Waals surface area contributed by atoms with Gasteiger partial charge < -0.3 is 9.15 Å². The van der Waals surface area contributed by atoms with Gasteiger partial charge in [0.15, 0.2) is 0 Å². The van der Waals surface area contributed by atoms with Crippen molar-refractivity contribution < 1.29 is 9.15 Å². The van der Waals surface area contributed by atoms with E-state index in [1.54, 1.807) is 0 Å². The molecular weight excluding hydrogens is 286 g/mol. The molecule has 0 N–H and O–H groups in total. The zero-order chi connectivity index (χ0) is 15.9. The molecule has 1 heterocycles. The van der Waals surface area contributed by atoms with Crippen LogP contribution in [0.3, 0.4) is 0 Å². The Labute approximate surface area is 136 Å². The van der Waals surface area contributed by atoms with Crippen molar-refractivity contribution in [2.24, 2.45) is 4.99 Å². The van der Waals surface area contributed by atoms with Crippen LogP contribution in [0.5, 0.6) is 0 Å². The first-order chi connectivity index (χ1) is 11.4. The molecule has 0 saturated heterocycles. The van der Waals surface area contributed by atoms with Crippen molar-refractivity contribution in [2.45, 2.75) is 26.4 Å². The van der Waals surface area contributed by atoms with Crippen LogP contribution in [0.1, 0.15) is 25.3 Å². The van der Waals surface area contributed by atoms with E-state index in [0.717, 1.165) is 41.7 Å². The number of hydrogen-bond donors (Lipinski definition) is 0. The molecule has 118 valence electrons. The molecule has 3 heteroatoms. The first-order valence-electron chi connectivity index (χ1n) is 8.06. The second-order valence-electron chi connectivity index (χ2n) is 5.47. The summed E-state index contributed by atoms with van der Waals surface area (Å²) in [5.41, 5.74) is 3.30. The fourth-order valence-electron chi connectivity index (χ4n) is 2.36. The molecule has 0 fully saturated rings. The molecule has 3 nitrogen and oxygen atoms in total. The van der Waals surface area contributed by atoms with Crippen LogP contribution in [0.25, 0.3) is 11.0 Å². The van der Waals surface area contributed by atoms with E-state index in [0.29, 0.717) is 12.2 Å². The highest BCUT2D eigenvalue weighted by atomic mass is 16.5. The fourth-order valence-corrected chi connectivity index (χ4v) is 2.36. The largest absolute Gasteiger partial charge is 0.438 e. The van der Waals surface area contributed by atoms with Gasteiger partial charge in [-0.3, -0.25) is 0 Å². The van der Waals surface area contributed by atoms with Crippen molar-refractivity contribution in [3.8, 4) is 0 Å². The highest BCUT2D eigenvalue weighted by molar-refractivity contribution is 5.76. The number of hydrogen-bond acceptors (Lipinski definition) is 3. The van der Waals surface area contributed by atoms with Crippen LogP contribution in [0.2, 0.25) is 0 Å². The molecule has 0 atom stereocenters. The van der Waals surface area contributed by atoms with Gasteiger partial charge in [0.1, 0.15) is 5.58 Å². The summed E-state index contributed by atoms with van der Waals surface area (Å²) in [6.45, 7) is 3.43. The van der Waals surface area contributed by atoms with E-state index in [1.165, 1.54) is 0 Å². The molecule has 0 unspecified atom stereocenters. The van der Waals surface area contributed by atoms with E-state index in [4.69, 9.17) is 9.15 Å². The molecule has 0 aliphatic rings. The Kier molecular flexibility index (Phi) is 5.22. The lowest BCUT2D eigenvalue weighted by Gasteiger charge is -2.06. The van der Waals surface area contributed by atoms with Gasteiger partial charge in [-0.05, 0) is 30.7 Å². The van der Waals surface area contributed by atoms with Crippen LogP contribution in [0.4, 0.5) is 5.69 Å². The molecule has 2 aromatic carbocycles. The van der Waals surface area contributed by atoms with Crippen molar-refractivity contribution in [1.82, 2.24) is 0 Å². The maximum Gasteiger partial charge on any atom is 0.225 e. The quantitative estimate of drug-likeness (QED) is 0.602. The van der Waals surface area contributed by atoms with Gasteiger partial charge in [-0.2, -0.15) is 0 Å². The minimum Gasteiger partial charge on any atom is -0.438 e. The second-order valence-corrected chi connectivity index (χ2v) is 5.47. The van der Waals surface area contributed by atoms with Crippen LogP contribution in [-0.4, -0.2) is 6.61 Å². The van der Waals surface area contributed by atoms with E-state index >= 15 is 0 Å². The van der Waals surface area contributed by atoms with Crippen molar-refractivity contribution in [3.05, 3.63) is 71.8 Å². The van der Waals surface area contributed by atoms with Gasteiger partial charge in [0, 0.05) is 17.6 Å². The van der Waals surface area contributed by atoms with Crippen molar-refractivity contribution >= 4 is 16.7 Å². The number of ether oxygens (including phenoxy) is 1. The monoisotopic (exact) mass is 307 g/mol. The zero-order valence-corrected chi connectivity index (χ0v) is 13.4. The lowest BCUT2D eigenvalue weighted by Crippen LogP contribution is -2.11. The third-order valence-electron chi connectivity index (χ3n) is 3.62. The predicted molar refractivity (Wildman–Crippen MR) is 92.4 cm³/mol. The third kappa shape index (κ3) is 4.08. The fraction of sp³-hybridized carbons (Fsp3) is 0.250. The summed E-state index contributed by atoms with van der Waals surface area (Å²) >= 11 is 0. The Morgan fingerprint density at radius 3 is 2.61 bits per heavy atom. The number of fused-ring (bicyclic) bond motifs is 1. The maximum atomic E-state index is 6.01. The maximum absolute atomic E-state index is 6.01. The smallest absolute Gasteiger partial charge is 0.225 e. The SMILES string of the molecule is CCCCOCc1cc2ccccc2oc1=Nc1ccccc1. The van der Waals surface area contributed by atoms with Crippen LogP contribution >= 0.6 is 0 Å². The Morgan fingerprint density at radius 1 is 1.00 bits per heavy atom. The lowest BCUT2D eigenvalue weighted by atomic mass is 10.2. The standard InChI is InChI=1S/C20H21NO2/c1-2-3-13-22-15-17-14-16-9-7-8-12-19(16)23-20(17)21-18-10-5-4-6-11-18/h4-12,14H,2-3,13,15H2,1H3. The molecule has 0 spiro atoms. The van der Waals surface area contributed by atoms with Gasteiger partial charge in [0.2, 0.25) is 5.55 Å². The van der Waals surface area contributed by atoms with Crippen LogP contribution in [-0.2, 0) is 11.3 Å². The molecule has 0 amide bonds. The zero-order valence-electron chi connectivity index (χ0n) is 13.4. The normalized spacial score (nSPS) is 12.0. The van der Waals surface area contributed by atoms with Crippen molar-refractivity contribution in [1.29, 1.82) is 0 Å². The molecular formula is C20H21NO2. The van der Waals surface area contributed by atoms with Crippen molar-refractivity contribution in [2.75, 3.05) is 6.61 Å². The highest BCUT2D eigenvalue weighted by Crippen LogP contribution is 2.15. The number of nitrogens with zero attached hydrogens (tertiary/aromatic N) is 1. The summed E-state index contributed by atoms with van der Waals surface area (Å²) in [6.07, 6.45) is 2.19. The summed E-state index contributed by atoms with van der Waals surface area (Å²) in [7, 11) is 0. The lowest BCUT2D eigenvalue weighted by molar-refractivity contribution is 0.116. The van der Waals surface area contributed by atoms with Crippen LogP contribution < -0.4 is 5.55 Å². The van der Waals surface area contributed by atoms with Gasteiger partial charge >= 0.3 is 0 Å². The third-order valence-corrected chi connectivity index (χ3v) is 3.62. The van der Waals surface area contributed by atoms with Crippen LogP contribution in [0, 0.1) is 0 Å². The highest BCUT2D eigenvalue weighted by Gasteiger charge is 2.04. The Balaban J connectivity index is 2.00. The predicted octanol–water partition coefficient (Wildman–Crippen LogP) is 4.98. The second kappa shape index (κ2) is 7.75. The molecule has 0 bridgehead atoms. The minimum absolute atomic E-state index is 0.514. The summed E-state index contributed by atoms with van der Waals surface area (Å²) < 4.78 is 11.8. The Bertz CT molecular complexity index is 822. The minimum atomic E-state index is 0.514. The van der Waals surface area contributed by atoms with Gasteiger partial charge in [-0.25, -0.2) is 4.99 Å². The van der Waals surface area contributed by atoms with Crippen LogP contribution in [0.15, 0.2) is 70.1 Å². The van der Waals surface area contributed by atoms with Gasteiger partial charge in [-0.1, -0.05) is 49.7 Å². The van der Waals surface area contributed by atoms with E-state index in [1.807, 2.05) is 54.6 Å². The average Bonchev–Trinajstić information content (AvgIpc) is 2.60. The molecule has 3 rings (SSSR count). The van der Waals surface area contributed by atoms with E-state index < -0.39 is 0 Å². The van der Waals surface area contributed by atoms with Gasteiger partial charge in [0.25, 0.3) is 0 Å². The Morgan fingerprint density at radius 2 is 1.78 bits per heavy atom. The van der Waals surface area contributed by atoms with E-state index in [-0.39, 0.29) is 0 Å². The molecule has 0 saturated carbocycles. The summed E-state index contributed by atoms with van der Waals surface area (Å²) in [4.78, 5) is 4.64. The molecule has 0 aliphatic carbocycles.